The monoisotopic (exact) mass is 254 g/mol. The van der Waals surface area contributed by atoms with Crippen LogP contribution in [-0.2, 0) is 27.8 Å². The fourth-order valence-electron chi connectivity index (χ4n) is 1.61. The predicted octanol–water partition coefficient (Wildman–Crippen LogP) is 2.36. The van der Waals surface area contributed by atoms with Crippen LogP contribution in [-0.4, -0.2) is 20.5 Å². The van der Waals surface area contributed by atoms with Gasteiger partial charge in [0.25, 0.3) is 0 Å². The molecule has 0 amide bonds. The number of hydrogen-bond donors (Lipinski definition) is 1. The van der Waals surface area contributed by atoms with E-state index in [0.29, 0.717) is 12.2 Å². The summed E-state index contributed by atoms with van der Waals surface area (Å²) < 4.78 is 11.9. The highest BCUT2D eigenvalue weighted by Crippen LogP contribution is 2.12. The van der Waals surface area contributed by atoms with E-state index >= 15 is 0 Å². The van der Waals surface area contributed by atoms with E-state index in [-0.39, 0.29) is 0 Å². The topological polar surface area (TPSA) is 54.4 Å². The van der Waals surface area contributed by atoms with Gasteiger partial charge in [-0.3, -0.25) is 9.00 Å². The Morgan fingerprint density at radius 1 is 1.24 bits per heavy atom. The molecule has 94 valence electrons. The summed E-state index contributed by atoms with van der Waals surface area (Å²) in [6, 6.07) is 7.83. The van der Waals surface area contributed by atoms with Crippen LogP contribution in [0.2, 0.25) is 0 Å². The quantitative estimate of drug-likeness (QED) is 0.848. The second-order valence-corrected chi connectivity index (χ2v) is 5.55. The van der Waals surface area contributed by atoms with Crippen molar-refractivity contribution in [2.75, 3.05) is 0 Å². The van der Waals surface area contributed by atoms with Gasteiger partial charge in [0.15, 0.2) is 0 Å². The lowest BCUT2D eigenvalue weighted by molar-refractivity contribution is -0.136. The zero-order valence-electron chi connectivity index (χ0n) is 10.2. The molecule has 17 heavy (non-hydrogen) atoms. The molecule has 0 saturated carbocycles. The first-order chi connectivity index (χ1) is 8.08. The van der Waals surface area contributed by atoms with Crippen molar-refractivity contribution in [2.24, 2.45) is 0 Å². The highest BCUT2D eigenvalue weighted by molar-refractivity contribution is 7.85. The van der Waals surface area contributed by atoms with E-state index in [4.69, 9.17) is 5.11 Å². The van der Waals surface area contributed by atoms with E-state index in [1.807, 2.05) is 24.3 Å². The van der Waals surface area contributed by atoms with Gasteiger partial charge in [-0.15, -0.1) is 0 Å². The van der Waals surface area contributed by atoms with Crippen molar-refractivity contribution < 1.29 is 14.1 Å². The minimum atomic E-state index is -1.35. The van der Waals surface area contributed by atoms with Gasteiger partial charge < -0.3 is 5.11 Å². The Balaban J connectivity index is 2.69. The van der Waals surface area contributed by atoms with Gasteiger partial charge in [-0.1, -0.05) is 38.1 Å². The SMILES string of the molecule is CCc1ccc(CS(=O)C(CC)C(=O)O)cc1. The number of carboxylic acid groups (broad SMARTS) is 1. The molecule has 0 aliphatic carbocycles. The van der Waals surface area contributed by atoms with Crippen molar-refractivity contribution in [1.29, 1.82) is 0 Å². The average molecular weight is 254 g/mol. The van der Waals surface area contributed by atoms with E-state index in [1.165, 1.54) is 5.56 Å². The maximum atomic E-state index is 11.9. The summed E-state index contributed by atoms with van der Waals surface area (Å²) in [5, 5.41) is 8.15. The van der Waals surface area contributed by atoms with Gasteiger partial charge in [0.2, 0.25) is 0 Å². The third kappa shape index (κ3) is 3.97. The Hall–Kier alpha value is -1.16. The van der Waals surface area contributed by atoms with Crippen LogP contribution in [0.3, 0.4) is 0 Å². The summed E-state index contributed by atoms with van der Waals surface area (Å²) in [6.07, 6.45) is 1.37. The molecular formula is C13H18O3S. The van der Waals surface area contributed by atoms with Crippen molar-refractivity contribution in [3.63, 3.8) is 0 Å². The maximum Gasteiger partial charge on any atom is 0.319 e. The average Bonchev–Trinajstić information content (AvgIpc) is 2.30. The standard InChI is InChI=1S/C13H18O3S/c1-3-10-5-7-11(8-6-10)9-17(16)12(4-2)13(14)15/h5-8,12H,3-4,9H2,1-2H3,(H,14,15). The summed E-state index contributed by atoms with van der Waals surface area (Å²) in [5.41, 5.74) is 2.16. The molecule has 0 bridgehead atoms. The summed E-state index contributed by atoms with van der Waals surface area (Å²) in [4.78, 5) is 10.9. The molecule has 1 rings (SSSR count). The van der Waals surface area contributed by atoms with Gasteiger partial charge in [-0.25, -0.2) is 0 Å². The number of aliphatic carboxylic acids is 1. The van der Waals surface area contributed by atoms with Crippen LogP contribution in [0.5, 0.6) is 0 Å². The molecule has 0 saturated heterocycles. The molecule has 1 N–H and O–H groups in total. The van der Waals surface area contributed by atoms with Crippen molar-refractivity contribution in [3.05, 3.63) is 35.4 Å². The molecule has 1 aromatic rings. The maximum absolute atomic E-state index is 11.9. The van der Waals surface area contributed by atoms with Gasteiger partial charge >= 0.3 is 5.97 Å². The Bertz CT molecular complexity index is 398. The van der Waals surface area contributed by atoms with Crippen LogP contribution < -0.4 is 0 Å². The zero-order valence-corrected chi connectivity index (χ0v) is 11.0. The van der Waals surface area contributed by atoms with Crippen molar-refractivity contribution in [2.45, 2.75) is 37.7 Å². The summed E-state index contributed by atoms with van der Waals surface area (Å²) in [5.74, 6) is -0.662. The molecule has 0 aliphatic heterocycles. The Morgan fingerprint density at radius 3 is 2.18 bits per heavy atom. The highest BCUT2D eigenvalue weighted by atomic mass is 32.2. The molecular weight excluding hydrogens is 236 g/mol. The van der Waals surface area contributed by atoms with E-state index in [0.717, 1.165) is 12.0 Å². The van der Waals surface area contributed by atoms with Crippen LogP contribution in [0, 0.1) is 0 Å². The Morgan fingerprint density at radius 2 is 1.76 bits per heavy atom. The van der Waals surface area contributed by atoms with Crippen LogP contribution >= 0.6 is 0 Å². The molecule has 0 aliphatic rings. The molecule has 4 heteroatoms. The number of rotatable bonds is 6. The molecule has 0 fully saturated rings. The third-order valence-corrected chi connectivity index (χ3v) is 4.49. The molecule has 3 nitrogen and oxygen atoms in total. The predicted molar refractivity (Wildman–Crippen MR) is 69.4 cm³/mol. The van der Waals surface area contributed by atoms with Crippen molar-refractivity contribution >= 4 is 16.8 Å². The lowest BCUT2D eigenvalue weighted by Gasteiger charge is -2.09. The first-order valence-electron chi connectivity index (χ1n) is 5.76. The molecule has 0 radical (unpaired) electrons. The Labute approximate surface area is 104 Å². The van der Waals surface area contributed by atoms with E-state index in [2.05, 4.69) is 6.92 Å². The number of hydrogen-bond acceptors (Lipinski definition) is 2. The first kappa shape index (κ1) is 13.9. The molecule has 2 atom stereocenters. The van der Waals surface area contributed by atoms with Crippen LogP contribution in [0.1, 0.15) is 31.4 Å². The summed E-state index contributed by atoms with van der Waals surface area (Å²) >= 11 is 0. The normalized spacial score (nSPS) is 14.2. The van der Waals surface area contributed by atoms with Crippen LogP contribution in [0.15, 0.2) is 24.3 Å². The third-order valence-electron chi connectivity index (χ3n) is 2.70. The smallest absolute Gasteiger partial charge is 0.319 e. The van der Waals surface area contributed by atoms with E-state index < -0.39 is 22.0 Å². The van der Waals surface area contributed by atoms with Gasteiger partial charge in [0.05, 0.1) is 0 Å². The molecule has 0 spiro atoms. The molecule has 0 heterocycles. The summed E-state index contributed by atoms with van der Waals surface area (Å²) in [7, 11) is -1.35. The largest absolute Gasteiger partial charge is 0.480 e. The van der Waals surface area contributed by atoms with E-state index in [9.17, 15) is 9.00 Å². The zero-order chi connectivity index (χ0) is 12.8. The number of aryl methyl sites for hydroxylation is 1. The fourth-order valence-corrected chi connectivity index (χ4v) is 2.93. The second kappa shape index (κ2) is 6.55. The van der Waals surface area contributed by atoms with Crippen molar-refractivity contribution in [1.82, 2.24) is 0 Å². The van der Waals surface area contributed by atoms with Crippen LogP contribution in [0.25, 0.3) is 0 Å². The van der Waals surface area contributed by atoms with Crippen LogP contribution in [0.4, 0.5) is 0 Å². The number of carbonyl (C=O) groups is 1. The summed E-state index contributed by atoms with van der Waals surface area (Å²) in [6.45, 7) is 3.82. The van der Waals surface area contributed by atoms with Gasteiger partial charge in [-0.2, -0.15) is 0 Å². The number of benzene rings is 1. The molecule has 1 aromatic carbocycles. The van der Waals surface area contributed by atoms with E-state index in [1.54, 1.807) is 6.92 Å². The molecule has 2 unspecified atom stereocenters. The minimum absolute atomic E-state index is 0.314. The molecule has 0 aromatic heterocycles. The van der Waals surface area contributed by atoms with Gasteiger partial charge in [-0.05, 0) is 24.0 Å². The lowest BCUT2D eigenvalue weighted by Crippen LogP contribution is -2.25. The van der Waals surface area contributed by atoms with Gasteiger partial charge in [0.1, 0.15) is 5.25 Å². The first-order valence-corrected chi connectivity index (χ1v) is 7.14. The highest BCUT2D eigenvalue weighted by Gasteiger charge is 2.22. The van der Waals surface area contributed by atoms with Crippen molar-refractivity contribution in [3.8, 4) is 0 Å². The lowest BCUT2D eigenvalue weighted by atomic mass is 10.1. The number of carboxylic acids is 1. The fraction of sp³-hybridized carbons (Fsp3) is 0.462. The second-order valence-electron chi connectivity index (χ2n) is 3.93. The minimum Gasteiger partial charge on any atom is -0.480 e. The Kier molecular flexibility index (Phi) is 5.35. The van der Waals surface area contributed by atoms with Gasteiger partial charge in [0, 0.05) is 16.6 Å².